The number of imidazole rings is 1. The first kappa shape index (κ1) is 13.5. The Bertz CT molecular complexity index is 667. The summed E-state index contributed by atoms with van der Waals surface area (Å²) in [5.74, 6) is -0.545. The van der Waals surface area contributed by atoms with Crippen LogP contribution < -0.4 is 5.32 Å². The molecule has 20 heavy (non-hydrogen) atoms. The van der Waals surface area contributed by atoms with Crippen molar-refractivity contribution in [3.05, 3.63) is 46.2 Å². The Kier molecular flexibility index (Phi) is 3.60. The molecule has 0 fully saturated rings. The minimum atomic E-state index is -1.29. The van der Waals surface area contributed by atoms with Gasteiger partial charge in [-0.1, -0.05) is 0 Å². The van der Waals surface area contributed by atoms with Gasteiger partial charge in [-0.05, 0) is 0 Å². The first-order valence-electron chi connectivity index (χ1n) is 5.57. The molecule has 9 nitrogen and oxygen atoms in total. The van der Waals surface area contributed by atoms with Crippen LogP contribution in [-0.4, -0.2) is 30.5 Å². The molecule has 0 spiro atoms. The number of carboxylic acids is 1. The smallest absolute Gasteiger partial charge is 0.339 e. The SMILES string of the molecule is Cn1ccnc1CNc1ncc([N+](=O)[O-])cc1C(=O)O. The third kappa shape index (κ3) is 2.71. The zero-order valence-corrected chi connectivity index (χ0v) is 10.5. The number of pyridine rings is 1. The Morgan fingerprint density at radius 1 is 1.55 bits per heavy atom. The number of carbonyl (C=O) groups is 1. The van der Waals surface area contributed by atoms with Crippen LogP contribution in [0.2, 0.25) is 0 Å². The molecule has 2 aromatic rings. The molecule has 0 unspecified atom stereocenters. The highest BCUT2D eigenvalue weighted by molar-refractivity contribution is 5.93. The van der Waals surface area contributed by atoms with Crippen molar-refractivity contribution in [2.24, 2.45) is 7.05 Å². The summed E-state index contributed by atoms with van der Waals surface area (Å²) in [5.41, 5.74) is -0.627. The van der Waals surface area contributed by atoms with Crippen molar-refractivity contribution in [2.45, 2.75) is 6.54 Å². The Morgan fingerprint density at radius 3 is 2.85 bits per heavy atom. The van der Waals surface area contributed by atoms with Gasteiger partial charge in [0.15, 0.2) is 0 Å². The maximum atomic E-state index is 11.1. The van der Waals surface area contributed by atoms with E-state index in [-0.39, 0.29) is 23.6 Å². The van der Waals surface area contributed by atoms with Crippen LogP contribution in [0, 0.1) is 10.1 Å². The van der Waals surface area contributed by atoms with Gasteiger partial charge in [0.25, 0.3) is 5.69 Å². The molecule has 0 aromatic carbocycles. The van der Waals surface area contributed by atoms with Crippen LogP contribution in [0.5, 0.6) is 0 Å². The van der Waals surface area contributed by atoms with Crippen LogP contribution in [0.1, 0.15) is 16.2 Å². The molecule has 0 aliphatic rings. The number of aryl methyl sites for hydroxylation is 1. The van der Waals surface area contributed by atoms with Crippen LogP contribution >= 0.6 is 0 Å². The van der Waals surface area contributed by atoms with Gasteiger partial charge in [-0.3, -0.25) is 10.1 Å². The van der Waals surface area contributed by atoms with E-state index in [2.05, 4.69) is 15.3 Å². The normalized spacial score (nSPS) is 10.2. The van der Waals surface area contributed by atoms with E-state index in [1.54, 1.807) is 24.0 Å². The summed E-state index contributed by atoms with van der Waals surface area (Å²) in [7, 11) is 1.80. The number of nitro groups is 1. The minimum absolute atomic E-state index is 0.0612. The fourth-order valence-corrected chi connectivity index (χ4v) is 1.59. The highest BCUT2D eigenvalue weighted by Crippen LogP contribution is 2.19. The van der Waals surface area contributed by atoms with Gasteiger partial charge in [0.1, 0.15) is 23.4 Å². The Hall–Kier alpha value is -2.97. The van der Waals surface area contributed by atoms with Gasteiger partial charge in [0.05, 0.1) is 11.5 Å². The summed E-state index contributed by atoms with van der Waals surface area (Å²) in [4.78, 5) is 28.9. The van der Waals surface area contributed by atoms with Crippen LogP contribution in [0.4, 0.5) is 11.5 Å². The zero-order valence-electron chi connectivity index (χ0n) is 10.5. The average molecular weight is 277 g/mol. The molecule has 0 bridgehead atoms. The fourth-order valence-electron chi connectivity index (χ4n) is 1.59. The van der Waals surface area contributed by atoms with E-state index < -0.39 is 10.9 Å². The second-order valence-electron chi connectivity index (χ2n) is 3.96. The Morgan fingerprint density at radius 2 is 2.30 bits per heavy atom. The van der Waals surface area contributed by atoms with Crippen molar-refractivity contribution in [3.63, 3.8) is 0 Å². The number of nitrogens with zero attached hydrogens (tertiary/aromatic N) is 4. The number of nitrogens with one attached hydrogen (secondary N) is 1. The maximum Gasteiger partial charge on any atom is 0.339 e. The number of aromatic nitrogens is 3. The second-order valence-corrected chi connectivity index (χ2v) is 3.96. The summed E-state index contributed by atoms with van der Waals surface area (Å²) < 4.78 is 1.76. The lowest BCUT2D eigenvalue weighted by Crippen LogP contribution is -2.11. The first-order chi connectivity index (χ1) is 9.49. The van der Waals surface area contributed by atoms with E-state index in [1.807, 2.05) is 0 Å². The number of hydrogen-bond acceptors (Lipinski definition) is 6. The van der Waals surface area contributed by atoms with Crippen molar-refractivity contribution in [1.29, 1.82) is 0 Å². The number of rotatable bonds is 5. The Balaban J connectivity index is 2.25. The van der Waals surface area contributed by atoms with Gasteiger partial charge in [-0.25, -0.2) is 14.8 Å². The van der Waals surface area contributed by atoms with E-state index in [0.29, 0.717) is 5.82 Å². The number of anilines is 1. The topological polar surface area (TPSA) is 123 Å². The molecule has 0 saturated carbocycles. The third-order valence-corrected chi connectivity index (χ3v) is 2.65. The van der Waals surface area contributed by atoms with Gasteiger partial charge in [0.2, 0.25) is 0 Å². The predicted octanol–water partition coefficient (Wildman–Crippen LogP) is 1.03. The van der Waals surface area contributed by atoms with Crippen molar-refractivity contribution in [1.82, 2.24) is 14.5 Å². The van der Waals surface area contributed by atoms with Gasteiger partial charge >= 0.3 is 5.97 Å². The third-order valence-electron chi connectivity index (χ3n) is 2.65. The first-order valence-corrected chi connectivity index (χ1v) is 5.57. The van der Waals surface area contributed by atoms with Gasteiger partial charge < -0.3 is 15.0 Å². The largest absolute Gasteiger partial charge is 0.478 e. The van der Waals surface area contributed by atoms with E-state index in [1.165, 1.54) is 0 Å². The van der Waals surface area contributed by atoms with Crippen LogP contribution in [0.15, 0.2) is 24.7 Å². The summed E-state index contributed by atoms with van der Waals surface area (Å²) in [5, 5.41) is 22.5. The standard InChI is InChI=1S/C11H11N5O4/c1-15-3-2-12-9(15)6-14-10-8(11(17)18)4-7(5-13-10)16(19)20/h2-5H,6H2,1H3,(H,13,14)(H,17,18). The second kappa shape index (κ2) is 5.34. The van der Waals surface area contributed by atoms with Crippen LogP contribution in [0.25, 0.3) is 0 Å². The average Bonchev–Trinajstić information content (AvgIpc) is 2.81. The highest BCUT2D eigenvalue weighted by Gasteiger charge is 2.17. The van der Waals surface area contributed by atoms with E-state index in [9.17, 15) is 14.9 Å². The summed E-state index contributed by atoms with van der Waals surface area (Å²) in [6.45, 7) is 0.259. The molecule has 0 amide bonds. The summed E-state index contributed by atoms with van der Waals surface area (Å²) in [6, 6.07) is 0.968. The zero-order chi connectivity index (χ0) is 14.7. The van der Waals surface area contributed by atoms with Crippen LogP contribution in [-0.2, 0) is 13.6 Å². The quantitative estimate of drug-likeness (QED) is 0.618. The lowest BCUT2D eigenvalue weighted by atomic mass is 10.2. The lowest BCUT2D eigenvalue weighted by molar-refractivity contribution is -0.385. The predicted molar refractivity (Wildman–Crippen MR) is 68.4 cm³/mol. The molecule has 0 aliphatic carbocycles. The molecule has 2 N–H and O–H groups in total. The lowest BCUT2D eigenvalue weighted by Gasteiger charge is -2.08. The molecule has 2 heterocycles. The fraction of sp³-hybridized carbons (Fsp3) is 0.182. The molecule has 9 heteroatoms. The van der Waals surface area contributed by atoms with E-state index in [4.69, 9.17) is 5.11 Å². The molecule has 2 aromatic heterocycles. The van der Waals surface area contributed by atoms with Crippen molar-refractivity contribution >= 4 is 17.5 Å². The molecule has 0 saturated heterocycles. The molecular formula is C11H11N5O4. The molecule has 2 rings (SSSR count). The maximum absolute atomic E-state index is 11.1. The summed E-state index contributed by atoms with van der Waals surface area (Å²) in [6.07, 6.45) is 4.37. The minimum Gasteiger partial charge on any atom is -0.478 e. The van der Waals surface area contributed by atoms with Crippen molar-refractivity contribution in [2.75, 3.05) is 5.32 Å². The molecule has 0 aliphatic heterocycles. The number of carboxylic acid groups (broad SMARTS) is 1. The number of aromatic carboxylic acids is 1. The summed E-state index contributed by atoms with van der Waals surface area (Å²) >= 11 is 0. The van der Waals surface area contributed by atoms with Gasteiger partial charge in [-0.2, -0.15) is 0 Å². The molecule has 0 radical (unpaired) electrons. The van der Waals surface area contributed by atoms with E-state index in [0.717, 1.165) is 12.3 Å². The van der Waals surface area contributed by atoms with E-state index >= 15 is 0 Å². The van der Waals surface area contributed by atoms with Gasteiger partial charge in [0, 0.05) is 25.5 Å². The number of hydrogen-bond donors (Lipinski definition) is 2. The monoisotopic (exact) mass is 277 g/mol. The highest BCUT2D eigenvalue weighted by atomic mass is 16.6. The molecular weight excluding hydrogens is 266 g/mol. The van der Waals surface area contributed by atoms with Gasteiger partial charge in [-0.15, -0.1) is 0 Å². The van der Waals surface area contributed by atoms with Crippen molar-refractivity contribution in [3.8, 4) is 0 Å². The molecule has 104 valence electrons. The molecule has 0 atom stereocenters. The Labute approximate surface area is 113 Å². The van der Waals surface area contributed by atoms with Crippen LogP contribution in [0.3, 0.4) is 0 Å². The van der Waals surface area contributed by atoms with Crippen molar-refractivity contribution < 1.29 is 14.8 Å².